The lowest BCUT2D eigenvalue weighted by molar-refractivity contribution is -0.130. The highest BCUT2D eigenvalue weighted by molar-refractivity contribution is 5.89. The summed E-state index contributed by atoms with van der Waals surface area (Å²) >= 11 is 0. The van der Waals surface area contributed by atoms with Gasteiger partial charge in [0.05, 0.1) is 6.10 Å². The molecule has 84 valence electrons. The van der Waals surface area contributed by atoms with Crippen molar-refractivity contribution in [2.75, 3.05) is 0 Å². The van der Waals surface area contributed by atoms with E-state index in [4.69, 9.17) is 0 Å². The third-order valence-corrected chi connectivity index (χ3v) is 4.37. The van der Waals surface area contributed by atoms with Crippen LogP contribution in [0.5, 0.6) is 0 Å². The van der Waals surface area contributed by atoms with Gasteiger partial charge in [0, 0.05) is 17.3 Å². The predicted molar refractivity (Wildman–Crippen MR) is 59.5 cm³/mol. The van der Waals surface area contributed by atoms with Gasteiger partial charge in [-0.1, -0.05) is 25.5 Å². The number of allylic oxidation sites excluding steroid dienone is 1. The maximum Gasteiger partial charge on any atom is 0.143 e. The first kappa shape index (κ1) is 10.9. The van der Waals surface area contributed by atoms with Crippen LogP contribution in [0.25, 0.3) is 0 Å². The molecule has 2 atom stereocenters. The normalized spacial score (nSPS) is 39.6. The second kappa shape index (κ2) is 3.18. The van der Waals surface area contributed by atoms with Crippen LogP contribution in [0.15, 0.2) is 11.6 Å². The lowest BCUT2D eigenvalue weighted by Gasteiger charge is -2.49. The van der Waals surface area contributed by atoms with Crippen molar-refractivity contribution < 1.29 is 9.90 Å². The Morgan fingerprint density at radius 1 is 1.40 bits per heavy atom. The van der Waals surface area contributed by atoms with Gasteiger partial charge < -0.3 is 5.11 Å². The summed E-state index contributed by atoms with van der Waals surface area (Å²) in [4.78, 5) is 12.0. The van der Waals surface area contributed by atoms with Gasteiger partial charge in [-0.2, -0.15) is 0 Å². The Hall–Kier alpha value is -0.630. The van der Waals surface area contributed by atoms with Crippen LogP contribution in [-0.4, -0.2) is 17.0 Å². The van der Waals surface area contributed by atoms with E-state index in [1.165, 1.54) is 5.57 Å². The second-order valence-electron chi connectivity index (χ2n) is 5.69. The van der Waals surface area contributed by atoms with Gasteiger partial charge in [-0.3, -0.25) is 4.79 Å². The Bertz CT molecular complexity index is 327. The van der Waals surface area contributed by atoms with Crippen LogP contribution in [0.2, 0.25) is 0 Å². The zero-order valence-corrected chi connectivity index (χ0v) is 9.84. The zero-order chi connectivity index (χ0) is 11.3. The summed E-state index contributed by atoms with van der Waals surface area (Å²) in [6.45, 7) is 6.16. The SMILES string of the molecule is CC1(C)C2=CCCC(=O)[C@@]2(C)CC[C@@H]1O. The minimum atomic E-state index is -0.303. The Labute approximate surface area is 91.4 Å². The number of Topliss-reactive ketones (excluding diaryl/α,β-unsaturated/α-hetero) is 1. The fraction of sp³-hybridized carbons (Fsp3) is 0.769. The van der Waals surface area contributed by atoms with Crippen LogP contribution in [0.3, 0.4) is 0 Å². The second-order valence-corrected chi connectivity index (χ2v) is 5.69. The molecule has 2 nitrogen and oxygen atoms in total. The fourth-order valence-corrected chi connectivity index (χ4v) is 3.21. The molecular formula is C13H20O2. The molecule has 0 aliphatic heterocycles. The smallest absolute Gasteiger partial charge is 0.143 e. The molecule has 2 aliphatic carbocycles. The Morgan fingerprint density at radius 2 is 2.07 bits per heavy atom. The molecule has 2 heteroatoms. The van der Waals surface area contributed by atoms with E-state index in [-0.39, 0.29) is 16.9 Å². The van der Waals surface area contributed by atoms with E-state index < -0.39 is 0 Å². The van der Waals surface area contributed by atoms with Crippen LogP contribution in [-0.2, 0) is 4.79 Å². The molecule has 0 heterocycles. The van der Waals surface area contributed by atoms with Gasteiger partial charge >= 0.3 is 0 Å². The van der Waals surface area contributed by atoms with E-state index in [0.29, 0.717) is 12.2 Å². The number of carbonyl (C=O) groups excluding carboxylic acids is 1. The molecule has 0 radical (unpaired) electrons. The number of rotatable bonds is 0. The van der Waals surface area contributed by atoms with E-state index in [1.54, 1.807) is 0 Å². The molecule has 1 saturated carbocycles. The molecule has 2 rings (SSSR count). The first-order chi connectivity index (χ1) is 6.89. The van der Waals surface area contributed by atoms with E-state index >= 15 is 0 Å². The Kier molecular flexibility index (Phi) is 2.30. The molecular weight excluding hydrogens is 188 g/mol. The van der Waals surface area contributed by atoms with Crippen molar-refractivity contribution in [3.63, 3.8) is 0 Å². The fourth-order valence-electron chi connectivity index (χ4n) is 3.21. The molecule has 0 saturated heterocycles. The number of aliphatic hydroxyl groups is 1. The highest BCUT2D eigenvalue weighted by Crippen LogP contribution is 2.53. The quantitative estimate of drug-likeness (QED) is 0.621. The van der Waals surface area contributed by atoms with Crippen LogP contribution in [0.4, 0.5) is 0 Å². The third kappa shape index (κ3) is 1.38. The van der Waals surface area contributed by atoms with Gasteiger partial charge in [0.1, 0.15) is 5.78 Å². The lowest BCUT2D eigenvalue weighted by Crippen LogP contribution is -2.48. The van der Waals surface area contributed by atoms with Gasteiger partial charge in [0.15, 0.2) is 0 Å². The van der Waals surface area contributed by atoms with Gasteiger partial charge in [-0.05, 0) is 26.2 Å². The summed E-state index contributed by atoms with van der Waals surface area (Å²) in [7, 11) is 0. The summed E-state index contributed by atoms with van der Waals surface area (Å²) in [5.41, 5.74) is 0.648. The average molecular weight is 208 g/mol. The van der Waals surface area contributed by atoms with E-state index in [0.717, 1.165) is 19.3 Å². The lowest BCUT2D eigenvalue weighted by atomic mass is 9.55. The summed E-state index contributed by atoms with van der Waals surface area (Å²) < 4.78 is 0. The minimum absolute atomic E-state index is 0.233. The number of carbonyl (C=O) groups is 1. The molecule has 0 aromatic carbocycles. The predicted octanol–water partition coefficient (Wildman–Crippen LogP) is 2.46. The molecule has 0 unspecified atom stereocenters. The van der Waals surface area contributed by atoms with Gasteiger partial charge in [-0.25, -0.2) is 0 Å². The summed E-state index contributed by atoms with van der Waals surface area (Å²) in [6.07, 6.45) is 4.95. The molecule has 0 aromatic rings. The van der Waals surface area contributed by atoms with Gasteiger partial charge in [0.2, 0.25) is 0 Å². The number of hydrogen-bond acceptors (Lipinski definition) is 2. The van der Waals surface area contributed by atoms with E-state index in [2.05, 4.69) is 19.9 Å². The summed E-state index contributed by atoms with van der Waals surface area (Å²) in [5.74, 6) is 0.361. The minimum Gasteiger partial charge on any atom is -0.392 e. The molecule has 0 bridgehead atoms. The van der Waals surface area contributed by atoms with Gasteiger partial charge in [-0.15, -0.1) is 0 Å². The van der Waals surface area contributed by atoms with Crippen molar-refractivity contribution in [2.45, 2.75) is 52.6 Å². The van der Waals surface area contributed by atoms with Crippen molar-refractivity contribution in [2.24, 2.45) is 10.8 Å². The molecule has 1 N–H and O–H groups in total. The zero-order valence-electron chi connectivity index (χ0n) is 9.84. The summed E-state index contributed by atoms with van der Waals surface area (Å²) in [6, 6.07) is 0. The Balaban J connectivity index is 2.47. The first-order valence-electron chi connectivity index (χ1n) is 5.81. The van der Waals surface area contributed by atoms with E-state index in [1.807, 2.05) is 6.92 Å². The molecule has 2 aliphatic rings. The standard InChI is InChI=1S/C13H20O2/c1-12(2)9-5-4-6-11(15)13(9,3)8-7-10(12)14/h5,10,14H,4,6-8H2,1-3H3/t10-,13-/m0/s1. The van der Waals surface area contributed by atoms with Crippen LogP contribution < -0.4 is 0 Å². The van der Waals surface area contributed by atoms with Crippen molar-refractivity contribution in [3.8, 4) is 0 Å². The molecule has 0 aromatic heterocycles. The average Bonchev–Trinajstić information content (AvgIpc) is 2.16. The van der Waals surface area contributed by atoms with Crippen molar-refractivity contribution in [1.29, 1.82) is 0 Å². The van der Waals surface area contributed by atoms with Crippen molar-refractivity contribution >= 4 is 5.78 Å². The highest BCUT2D eigenvalue weighted by Gasteiger charge is 2.50. The topological polar surface area (TPSA) is 37.3 Å². The van der Waals surface area contributed by atoms with Crippen LogP contribution in [0, 0.1) is 10.8 Å². The van der Waals surface area contributed by atoms with Gasteiger partial charge in [0.25, 0.3) is 0 Å². The largest absolute Gasteiger partial charge is 0.392 e. The molecule has 0 spiro atoms. The maximum absolute atomic E-state index is 12.0. The Morgan fingerprint density at radius 3 is 2.73 bits per heavy atom. The highest BCUT2D eigenvalue weighted by atomic mass is 16.3. The monoisotopic (exact) mass is 208 g/mol. The van der Waals surface area contributed by atoms with Crippen LogP contribution >= 0.6 is 0 Å². The molecule has 1 fully saturated rings. The maximum atomic E-state index is 12.0. The number of hydrogen-bond donors (Lipinski definition) is 1. The number of ketones is 1. The number of aliphatic hydroxyl groups excluding tert-OH is 1. The van der Waals surface area contributed by atoms with Crippen molar-refractivity contribution in [1.82, 2.24) is 0 Å². The van der Waals surface area contributed by atoms with Crippen LogP contribution in [0.1, 0.15) is 46.5 Å². The first-order valence-corrected chi connectivity index (χ1v) is 5.81. The molecule has 15 heavy (non-hydrogen) atoms. The number of fused-ring (bicyclic) bond motifs is 1. The molecule has 0 amide bonds. The third-order valence-electron chi connectivity index (χ3n) is 4.37. The van der Waals surface area contributed by atoms with E-state index in [9.17, 15) is 9.90 Å². The van der Waals surface area contributed by atoms with Crippen molar-refractivity contribution in [3.05, 3.63) is 11.6 Å². The summed E-state index contributed by atoms with van der Waals surface area (Å²) in [5, 5.41) is 10.0.